The molecule has 13 heavy (non-hydrogen) atoms. The third-order valence-electron chi connectivity index (χ3n) is 3.33. The Morgan fingerprint density at radius 1 is 1.54 bits per heavy atom. The summed E-state index contributed by atoms with van der Waals surface area (Å²) in [7, 11) is 2.23. The van der Waals surface area contributed by atoms with E-state index in [9.17, 15) is 0 Å². The summed E-state index contributed by atoms with van der Waals surface area (Å²) in [6, 6.07) is 0. The first kappa shape index (κ1) is 9.01. The maximum atomic E-state index is 2.45. The zero-order chi connectivity index (χ0) is 9.26. The fraction of sp³-hybridized carbons (Fsp3) is 0.667. The molecule has 72 valence electrons. The minimum atomic E-state index is 0.871. The molecule has 0 bridgehead atoms. The van der Waals surface area contributed by atoms with Crippen LogP contribution < -0.4 is 0 Å². The molecule has 1 heterocycles. The molecule has 1 aliphatic heterocycles. The second-order valence-electron chi connectivity index (χ2n) is 4.27. The van der Waals surface area contributed by atoms with Gasteiger partial charge in [-0.15, -0.1) is 0 Å². The monoisotopic (exact) mass is 177 g/mol. The van der Waals surface area contributed by atoms with Crippen LogP contribution in [0.2, 0.25) is 0 Å². The summed E-state index contributed by atoms with van der Waals surface area (Å²) in [5.41, 5.74) is 3.32. The number of rotatable bonds is 1. The van der Waals surface area contributed by atoms with Crippen molar-refractivity contribution in [1.82, 2.24) is 4.90 Å². The molecule has 1 atom stereocenters. The Morgan fingerprint density at radius 3 is 3.15 bits per heavy atom. The molecule has 0 amide bonds. The van der Waals surface area contributed by atoms with Crippen LogP contribution in [0.4, 0.5) is 0 Å². The minimum Gasteiger partial charge on any atom is -0.302 e. The normalized spacial score (nSPS) is 29.2. The maximum Gasteiger partial charge on any atom is 0.0198 e. The number of likely N-dealkylation sites (N-methyl/N-ethyl adjacent to an activating group) is 1. The van der Waals surface area contributed by atoms with Crippen molar-refractivity contribution in [2.24, 2.45) is 5.92 Å². The molecule has 1 saturated heterocycles. The molecule has 2 rings (SSSR count). The molecule has 0 spiro atoms. The van der Waals surface area contributed by atoms with Gasteiger partial charge in [-0.25, -0.2) is 0 Å². The van der Waals surface area contributed by atoms with E-state index in [4.69, 9.17) is 0 Å². The van der Waals surface area contributed by atoms with Gasteiger partial charge in [0.25, 0.3) is 0 Å². The number of fused-ring (bicyclic) bond motifs is 1. The Hall–Kier alpha value is -0.560. The first-order valence-electron chi connectivity index (χ1n) is 5.38. The highest BCUT2D eigenvalue weighted by atomic mass is 15.1. The number of likely N-dealkylation sites (tertiary alicyclic amines) is 1. The maximum absolute atomic E-state index is 2.45. The summed E-state index contributed by atoms with van der Waals surface area (Å²) in [4.78, 5) is 2.45. The van der Waals surface area contributed by atoms with Crippen LogP contribution in [0.25, 0.3) is 0 Å². The first-order chi connectivity index (χ1) is 6.31. The molecule has 0 aromatic heterocycles. The van der Waals surface area contributed by atoms with E-state index in [1.807, 2.05) is 0 Å². The molecule has 1 aliphatic carbocycles. The van der Waals surface area contributed by atoms with E-state index in [2.05, 4.69) is 31.0 Å². The van der Waals surface area contributed by atoms with Crippen molar-refractivity contribution in [1.29, 1.82) is 0 Å². The van der Waals surface area contributed by atoms with E-state index in [0.717, 1.165) is 5.92 Å². The fourth-order valence-corrected chi connectivity index (χ4v) is 2.50. The number of hydrogen-bond donors (Lipinski definition) is 0. The first-order valence-corrected chi connectivity index (χ1v) is 5.38. The smallest absolute Gasteiger partial charge is 0.0198 e. The summed E-state index contributed by atoms with van der Waals surface area (Å²) in [6.45, 7) is 4.75. The van der Waals surface area contributed by atoms with Gasteiger partial charge in [0.15, 0.2) is 0 Å². The fourth-order valence-electron chi connectivity index (χ4n) is 2.50. The van der Waals surface area contributed by atoms with Crippen LogP contribution in [0.5, 0.6) is 0 Å². The van der Waals surface area contributed by atoms with Gasteiger partial charge in [-0.05, 0) is 49.9 Å². The Labute approximate surface area is 81.1 Å². The molecule has 0 aromatic carbocycles. The molecule has 1 nitrogen and oxygen atoms in total. The van der Waals surface area contributed by atoms with Crippen molar-refractivity contribution in [3.8, 4) is 0 Å². The van der Waals surface area contributed by atoms with Crippen LogP contribution in [-0.4, -0.2) is 25.0 Å². The Bertz CT molecular complexity index is 250. The van der Waals surface area contributed by atoms with Gasteiger partial charge in [0, 0.05) is 6.54 Å². The molecular weight excluding hydrogens is 158 g/mol. The SMILES string of the molecule is CCC1=C2CN(C)CCC2CC=C1. The number of piperidine rings is 1. The highest BCUT2D eigenvalue weighted by Crippen LogP contribution is 2.32. The summed E-state index contributed by atoms with van der Waals surface area (Å²) in [5.74, 6) is 0.871. The molecule has 1 fully saturated rings. The average Bonchev–Trinajstić information content (AvgIpc) is 2.17. The van der Waals surface area contributed by atoms with E-state index in [1.165, 1.54) is 32.4 Å². The van der Waals surface area contributed by atoms with Gasteiger partial charge >= 0.3 is 0 Å². The Balaban J connectivity index is 2.24. The summed E-state index contributed by atoms with van der Waals surface area (Å²) in [6.07, 6.45) is 8.55. The lowest BCUT2D eigenvalue weighted by atomic mass is 9.81. The van der Waals surface area contributed by atoms with Gasteiger partial charge < -0.3 is 4.90 Å². The molecular formula is C12H19N. The van der Waals surface area contributed by atoms with Gasteiger partial charge in [0.2, 0.25) is 0 Å². The van der Waals surface area contributed by atoms with Crippen molar-refractivity contribution >= 4 is 0 Å². The van der Waals surface area contributed by atoms with Crippen LogP contribution >= 0.6 is 0 Å². The van der Waals surface area contributed by atoms with Gasteiger partial charge in [-0.2, -0.15) is 0 Å². The predicted octanol–water partition coefficient (Wildman–Crippen LogP) is 2.60. The van der Waals surface area contributed by atoms with E-state index in [1.54, 1.807) is 11.1 Å². The third-order valence-corrected chi connectivity index (χ3v) is 3.33. The van der Waals surface area contributed by atoms with Crippen LogP contribution in [0.3, 0.4) is 0 Å². The van der Waals surface area contributed by atoms with Gasteiger partial charge in [0.05, 0.1) is 0 Å². The summed E-state index contributed by atoms with van der Waals surface area (Å²) < 4.78 is 0. The van der Waals surface area contributed by atoms with Crippen molar-refractivity contribution in [3.05, 3.63) is 23.3 Å². The van der Waals surface area contributed by atoms with E-state index in [0.29, 0.717) is 0 Å². The third kappa shape index (κ3) is 1.71. The summed E-state index contributed by atoms with van der Waals surface area (Å²) >= 11 is 0. The average molecular weight is 177 g/mol. The van der Waals surface area contributed by atoms with Gasteiger partial charge in [-0.3, -0.25) is 0 Å². The molecule has 2 aliphatic rings. The predicted molar refractivity (Wildman–Crippen MR) is 56.7 cm³/mol. The molecule has 1 unspecified atom stereocenters. The largest absolute Gasteiger partial charge is 0.302 e. The summed E-state index contributed by atoms with van der Waals surface area (Å²) in [5, 5.41) is 0. The lowest BCUT2D eigenvalue weighted by Crippen LogP contribution is -2.33. The van der Waals surface area contributed by atoms with Crippen LogP contribution in [0.1, 0.15) is 26.2 Å². The van der Waals surface area contributed by atoms with Crippen LogP contribution in [-0.2, 0) is 0 Å². The van der Waals surface area contributed by atoms with E-state index < -0.39 is 0 Å². The number of hydrogen-bond acceptors (Lipinski definition) is 1. The standard InChI is InChI=1S/C12H19N/c1-3-10-5-4-6-11-7-8-13(2)9-12(10)11/h4-5,11H,3,6-9H2,1-2H3. The van der Waals surface area contributed by atoms with Crippen molar-refractivity contribution in [3.63, 3.8) is 0 Å². The quantitative estimate of drug-likeness (QED) is 0.595. The van der Waals surface area contributed by atoms with Gasteiger partial charge in [-0.1, -0.05) is 19.1 Å². The molecule has 0 aromatic rings. The van der Waals surface area contributed by atoms with Crippen molar-refractivity contribution < 1.29 is 0 Å². The second-order valence-corrected chi connectivity index (χ2v) is 4.27. The highest BCUT2D eigenvalue weighted by molar-refractivity contribution is 5.33. The van der Waals surface area contributed by atoms with Crippen molar-refractivity contribution in [2.45, 2.75) is 26.2 Å². The zero-order valence-electron chi connectivity index (χ0n) is 8.71. The van der Waals surface area contributed by atoms with Crippen LogP contribution in [0.15, 0.2) is 23.3 Å². The second kappa shape index (κ2) is 3.67. The van der Waals surface area contributed by atoms with Crippen LogP contribution in [0, 0.1) is 5.92 Å². The molecule has 0 N–H and O–H groups in total. The van der Waals surface area contributed by atoms with E-state index >= 15 is 0 Å². The number of allylic oxidation sites excluding steroid dienone is 3. The number of nitrogens with zero attached hydrogens (tertiary/aromatic N) is 1. The lowest BCUT2D eigenvalue weighted by molar-refractivity contribution is 0.275. The lowest BCUT2D eigenvalue weighted by Gasteiger charge is -2.34. The highest BCUT2D eigenvalue weighted by Gasteiger charge is 2.24. The Morgan fingerprint density at radius 2 is 2.38 bits per heavy atom. The molecule has 0 radical (unpaired) electrons. The topological polar surface area (TPSA) is 3.24 Å². The van der Waals surface area contributed by atoms with E-state index in [-0.39, 0.29) is 0 Å². The zero-order valence-corrected chi connectivity index (χ0v) is 8.71. The van der Waals surface area contributed by atoms with Crippen molar-refractivity contribution in [2.75, 3.05) is 20.1 Å². The van der Waals surface area contributed by atoms with Gasteiger partial charge in [0.1, 0.15) is 0 Å². The molecule has 0 saturated carbocycles. The Kier molecular flexibility index (Phi) is 2.54. The molecule has 1 heteroatoms. The minimum absolute atomic E-state index is 0.871.